The summed E-state index contributed by atoms with van der Waals surface area (Å²) in [5, 5.41) is 0. The normalized spacial score (nSPS) is 11.5. The van der Waals surface area contributed by atoms with Crippen molar-refractivity contribution in [1.29, 1.82) is 0 Å². The highest BCUT2D eigenvalue weighted by molar-refractivity contribution is 7.91. The molecule has 1 aromatic carbocycles. The molecule has 4 heteroatoms. The standard InChI is InChI=1S/C15H22O3S/c1-3-4-5-6-14(16)11-12-19(17,18)15-9-7-13(2)8-10-15/h7-10H,3-6,11-12H2,1-2H3. The molecule has 0 aliphatic carbocycles. The molecule has 0 fully saturated rings. The van der Waals surface area contributed by atoms with Crippen LogP contribution in [-0.4, -0.2) is 20.0 Å². The number of Topliss-reactive ketones (excluding diaryl/α,β-unsaturated/α-hetero) is 1. The van der Waals surface area contributed by atoms with Crippen molar-refractivity contribution < 1.29 is 13.2 Å². The van der Waals surface area contributed by atoms with Crippen molar-refractivity contribution in [2.24, 2.45) is 0 Å². The maximum absolute atomic E-state index is 12.0. The third-order valence-electron chi connectivity index (χ3n) is 3.09. The second-order valence-corrected chi connectivity index (χ2v) is 6.99. The lowest BCUT2D eigenvalue weighted by Gasteiger charge is -2.04. The molecule has 0 atom stereocenters. The van der Waals surface area contributed by atoms with E-state index in [-0.39, 0.29) is 18.0 Å². The Morgan fingerprint density at radius 3 is 2.26 bits per heavy atom. The maximum atomic E-state index is 12.0. The van der Waals surface area contributed by atoms with Crippen LogP contribution in [0.25, 0.3) is 0 Å². The zero-order chi connectivity index (χ0) is 14.3. The lowest BCUT2D eigenvalue weighted by atomic mass is 10.1. The Kier molecular flexibility index (Phi) is 6.22. The van der Waals surface area contributed by atoms with Gasteiger partial charge in [0.1, 0.15) is 5.78 Å². The van der Waals surface area contributed by atoms with Crippen LogP contribution in [0.1, 0.15) is 44.6 Å². The predicted molar refractivity (Wildman–Crippen MR) is 77.0 cm³/mol. The molecule has 3 nitrogen and oxygen atoms in total. The van der Waals surface area contributed by atoms with E-state index in [1.165, 1.54) is 0 Å². The second-order valence-electron chi connectivity index (χ2n) is 4.88. The van der Waals surface area contributed by atoms with E-state index >= 15 is 0 Å². The Morgan fingerprint density at radius 1 is 1.05 bits per heavy atom. The molecule has 0 aliphatic rings. The van der Waals surface area contributed by atoms with Crippen LogP contribution in [0, 0.1) is 6.92 Å². The molecule has 0 saturated carbocycles. The van der Waals surface area contributed by atoms with Crippen molar-refractivity contribution in [3.63, 3.8) is 0 Å². The van der Waals surface area contributed by atoms with Crippen molar-refractivity contribution in [3.8, 4) is 0 Å². The van der Waals surface area contributed by atoms with E-state index < -0.39 is 9.84 Å². The van der Waals surface area contributed by atoms with Gasteiger partial charge in [0.15, 0.2) is 9.84 Å². The van der Waals surface area contributed by atoms with Crippen molar-refractivity contribution in [1.82, 2.24) is 0 Å². The molecule has 0 saturated heterocycles. The van der Waals surface area contributed by atoms with Crippen LogP contribution in [0.5, 0.6) is 0 Å². The fourth-order valence-electron chi connectivity index (χ4n) is 1.81. The first-order chi connectivity index (χ1) is 8.95. The number of benzene rings is 1. The third kappa shape index (κ3) is 5.55. The molecule has 1 rings (SSSR count). The molecule has 0 bridgehead atoms. The van der Waals surface area contributed by atoms with Gasteiger partial charge in [-0.05, 0) is 25.5 Å². The van der Waals surface area contributed by atoms with Crippen LogP contribution in [0.3, 0.4) is 0 Å². The second kappa shape index (κ2) is 7.43. The Hall–Kier alpha value is -1.16. The highest BCUT2D eigenvalue weighted by atomic mass is 32.2. The monoisotopic (exact) mass is 282 g/mol. The molecule has 0 unspecified atom stereocenters. The van der Waals surface area contributed by atoms with Crippen molar-refractivity contribution >= 4 is 15.6 Å². The molecule has 0 spiro atoms. The number of carbonyl (C=O) groups is 1. The van der Waals surface area contributed by atoms with Gasteiger partial charge in [0.05, 0.1) is 10.6 Å². The predicted octanol–water partition coefficient (Wildman–Crippen LogP) is 3.31. The average molecular weight is 282 g/mol. The number of hydrogen-bond acceptors (Lipinski definition) is 3. The quantitative estimate of drug-likeness (QED) is 0.687. The fourth-order valence-corrected chi connectivity index (χ4v) is 3.09. The number of aryl methyl sites for hydroxylation is 1. The number of hydrogen-bond donors (Lipinski definition) is 0. The molecular formula is C15H22O3S. The van der Waals surface area contributed by atoms with Gasteiger partial charge < -0.3 is 0 Å². The molecule has 106 valence electrons. The summed E-state index contributed by atoms with van der Waals surface area (Å²) in [7, 11) is -3.32. The Balaban J connectivity index is 2.51. The summed E-state index contributed by atoms with van der Waals surface area (Å²) < 4.78 is 24.1. The van der Waals surface area contributed by atoms with Crippen LogP contribution < -0.4 is 0 Å². The summed E-state index contributed by atoms with van der Waals surface area (Å²) in [6, 6.07) is 6.75. The van der Waals surface area contributed by atoms with Gasteiger partial charge in [-0.2, -0.15) is 0 Å². The van der Waals surface area contributed by atoms with Crippen LogP contribution >= 0.6 is 0 Å². The minimum atomic E-state index is -3.32. The summed E-state index contributed by atoms with van der Waals surface area (Å²) in [6.07, 6.45) is 3.57. The van der Waals surface area contributed by atoms with Crippen molar-refractivity contribution in [3.05, 3.63) is 29.8 Å². The van der Waals surface area contributed by atoms with E-state index in [9.17, 15) is 13.2 Å². The molecule has 0 aromatic heterocycles. The molecule has 0 N–H and O–H groups in total. The number of carbonyl (C=O) groups excluding carboxylic acids is 1. The first-order valence-electron chi connectivity index (χ1n) is 6.77. The van der Waals surface area contributed by atoms with Gasteiger partial charge >= 0.3 is 0 Å². The smallest absolute Gasteiger partial charge is 0.178 e. The number of rotatable bonds is 8. The zero-order valence-electron chi connectivity index (χ0n) is 11.7. The molecule has 0 heterocycles. The Labute approximate surface area is 116 Å². The van der Waals surface area contributed by atoms with Crippen molar-refractivity contribution in [2.75, 3.05) is 5.75 Å². The lowest BCUT2D eigenvalue weighted by molar-refractivity contribution is -0.118. The summed E-state index contributed by atoms with van der Waals surface area (Å²) in [6.45, 7) is 3.99. The highest BCUT2D eigenvalue weighted by Crippen LogP contribution is 2.14. The van der Waals surface area contributed by atoms with E-state index in [2.05, 4.69) is 6.92 Å². The molecule has 0 radical (unpaired) electrons. The van der Waals surface area contributed by atoms with Crippen LogP contribution in [0.15, 0.2) is 29.2 Å². The maximum Gasteiger partial charge on any atom is 0.178 e. The molecule has 1 aromatic rings. The topological polar surface area (TPSA) is 51.2 Å². The van der Waals surface area contributed by atoms with E-state index in [1.54, 1.807) is 24.3 Å². The average Bonchev–Trinajstić information content (AvgIpc) is 2.37. The molecular weight excluding hydrogens is 260 g/mol. The molecule has 0 amide bonds. The summed E-state index contributed by atoms with van der Waals surface area (Å²) >= 11 is 0. The fraction of sp³-hybridized carbons (Fsp3) is 0.533. The largest absolute Gasteiger partial charge is 0.300 e. The van der Waals surface area contributed by atoms with Gasteiger partial charge in [0.2, 0.25) is 0 Å². The summed E-state index contributed by atoms with van der Waals surface area (Å²) in [4.78, 5) is 11.9. The highest BCUT2D eigenvalue weighted by Gasteiger charge is 2.15. The van der Waals surface area contributed by atoms with E-state index in [0.717, 1.165) is 24.8 Å². The minimum Gasteiger partial charge on any atom is -0.300 e. The van der Waals surface area contributed by atoms with Gasteiger partial charge in [-0.1, -0.05) is 37.5 Å². The third-order valence-corrected chi connectivity index (χ3v) is 4.82. The van der Waals surface area contributed by atoms with E-state index in [0.29, 0.717) is 11.3 Å². The van der Waals surface area contributed by atoms with Crippen LogP contribution in [-0.2, 0) is 14.6 Å². The van der Waals surface area contributed by atoms with Crippen molar-refractivity contribution in [2.45, 2.75) is 50.8 Å². The first kappa shape index (κ1) is 15.9. The first-order valence-corrected chi connectivity index (χ1v) is 8.42. The summed E-state index contributed by atoms with van der Waals surface area (Å²) in [5.41, 5.74) is 1.02. The molecule has 0 aliphatic heterocycles. The van der Waals surface area contributed by atoms with E-state index in [1.807, 2.05) is 6.92 Å². The van der Waals surface area contributed by atoms with Gasteiger partial charge in [-0.3, -0.25) is 4.79 Å². The lowest BCUT2D eigenvalue weighted by Crippen LogP contribution is -2.11. The van der Waals surface area contributed by atoms with E-state index in [4.69, 9.17) is 0 Å². The van der Waals surface area contributed by atoms with Crippen LogP contribution in [0.4, 0.5) is 0 Å². The number of ketones is 1. The Morgan fingerprint density at radius 2 is 1.68 bits per heavy atom. The van der Waals surface area contributed by atoms with Gasteiger partial charge in [0, 0.05) is 12.8 Å². The van der Waals surface area contributed by atoms with Gasteiger partial charge in [-0.15, -0.1) is 0 Å². The van der Waals surface area contributed by atoms with Gasteiger partial charge in [-0.25, -0.2) is 8.42 Å². The van der Waals surface area contributed by atoms with Gasteiger partial charge in [0.25, 0.3) is 0 Å². The molecule has 19 heavy (non-hydrogen) atoms. The SMILES string of the molecule is CCCCCC(=O)CCS(=O)(=O)c1ccc(C)cc1. The van der Waals surface area contributed by atoms with Crippen LogP contribution in [0.2, 0.25) is 0 Å². The number of sulfone groups is 1. The number of unbranched alkanes of at least 4 members (excludes halogenated alkanes) is 2. The summed E-state index contributed by atoms with van der Waals surface area (Å²) in [5.74, 6) is -0.0368. The Bertz CT molecular complexity index is 501. The minimum absolute atomic E-state index is 0.0455. The zero-order valence-corrected chi connectivity index (χ0v) is 12.5.